The maximum Gasteiger partial charge on any atom is 0.243 e. The van der Waals surface area contributed by atoms with E-state index in [2.05, 4.69) is 20.6 Å². The molecule has 3 heterocycles. The van der Waals surface area contributed by atoms with Gasteiger partial charge in [-0.2, -0.15) is 4.31 Å². The number of hydrogen-bond acceptors (Lipinski definition) is 7. The van der Waals surface area contributed by atoms with Crippen LogP contribution < -0.4 is 10.6 Å². The van der Waals surface area contributed by atoms with E-state index in [-0.39, 0.29) is 23.8 Å². The summed E-state index contributed by atoms with van der Waals surface area (Å²) >= 11 is 6.10. The summed E-state index contributed by atoms with van der Waals surface area (Å²) in [4.78, 5) is 34.0. The highest BCUT2D eigenvalue weighted by atomic mass is 35.5. The van der Waals surface area contributed by atoms with Crippen LogP contribution >= 0.6 is 11.6 Å². The molecule has 0 radical (unpaired) electrons. The van der Waals surface area contributed by atoms with Crippen LogP contribution in [0.5, 0.6) is 0 Å². The predicted molar refractivity (Wildman–Crippen MR) is 136 cm³/mol. The van der Waals surface area contributed by atoms with E-state index in [9.17, 15) is 18.0 Å². The Morgan fingerprint density at radius 2 is 1.86 bits per heavy atom. The number of rotatable bonds is 5. The van der Waals surface area contributed by atoms with Crippen LogP contribution in [0.15, 0.2) is 53.6 Å². The van der Waals surface area contributed by atoms with E-state index in [0.29, 0.717) is 59.7 Å². The first-order chi connectivity index (χ1) is 17.3. The Hall–Kier alpha value is -3.54. The molecule has 1 saturated heterocycles. The number of nitrogens with zero attached hydrogens (tertiary/aromatic N) is 4. The standard InChI is InChI=1S/C24H23ClN6O4S/c25-17-2-7-20-21(13-17)28-22(33)12-16-14-26-24(29-23(16)20)27-18-3-5-19(6-4-18)36(34,35)31-9-1-8-30(15-32)10-11-31/h2-7,13-15H,1,8-12H2,(H,28,33)(H,26,27,29). The molecule has 0 aliphatic carbocycles. The lowest BCUT2D eigenvalue weighted by Crippen LogP contribution is -2.34. The number of hydrogen-bond donors (Lipinski definition) is 2. The van der Waals surface area contributed by atoms with Crippen molar-refractivity contribution >= 4 is 51.3 Å². The number of fused-ring (bicyclic) bond motifs is 3. The molecule has 0 bridgehead atoms. The lowest BCUT2D eigenvalue weighted by Gasteiger charge is -2.20. The van der Waals surface area contributed by atoms with Crippen LogP contribution in [0.2, 0.25) is 5.02 Å². The number of sulfonamides is 1. The molecule has 2 aliphatic heterocycles. The van der Waals surface area contributed by atoms with Gasteiger partial charge in [0.15, 0.2) is 0 Å². The summed E-state index contributed by atoms with van der Waals surface area (Å²) in [6.07, 6.45) is 3.08. The molecule has 186 valence electrons. The zero-order valence-electron chi connectivity index (χ0n) is 19.1. The Balaban J connectivity index is 1.37. The number of carbonyl (C=O) groups excluding carboxylic acids is 2. The minimum atomic E-state index is -3.68. The van der Waals surface area contributed by atoms with Crippen molar-refractivity contribution in [2.45, 2.75) is 17.7 Å². The van der Waals surface area contributed by atoms with Crippen molar-refractivity contribution in [2.75, 3.05) is 36.8 Å². The molecule has 1 aromatic heterocycles. The van der Waals surface area contributed by atoms with E-state index in [0.717, 1.165) is 12.0 Å². The minimum Gasteiger partial charge on any atom is -0.344 e. The second kappa shape index (κ2) is 9.84. The van der Waals surface area contributed by atoms with E-state index >= 15 is 0 Å². The summed E-state index contributed by atoms with van der Waals surface area (Å²) in [5.41, 5.74) is 3.22. The van der Waals surface area contributed by atoms with Gasteiger partial charge in [0.25, 0.3) is 0 Å². The molecule has 10 nitrogen and oxygen atoms in total. The summed E-state index contributed by atoms with van der Waals surface area (Å²) < 4.78 is 27.6. The van der Waals surface area contributed by atoms with Gasteiger partial charge in [0.2, 0.25) is 28.3 Å². The summed E-state index contributed by atoms with van der Waals surface area (Å²) in [5.74, 6) is 0.128. The Morgan fingerprint density at radius 1 is 1.06 bits per heavy atom. The Labute approximate surface area is 213 Å². The first kappa shape index (κ1) is 24.2. The number of halogens is 1. The molecule has 0 atom stereocenters. The van der Waals surface area contributed by atoms with Gasteiger partial charge in [0.1, 0.15) is 0 Å². The second-order valence-corrected chi connectivity index (χ2v) is 10.9. The molecule has 1 fully saturated rings. The first-order valence-electron chi connectivity index (χ1n) is 11.4. The van der Waals surface area contributed by atoms with Crippen LogP contribution in [-0.4, -0.2) is 66.1 Å². The zero-order chi connectivity index (χ0) is 25.3. The molecule has 36 heavy (non-hydrogen) atoms. The first-order valence-corrected chi connectivity index (χ1v) is 13.2. The van der Waals surface area contributed by atoms with Crippen LogP contribution in [-0.2, 0) is 26.0 Å². The molecule has 0 saturated carbocycles. The van der Waals surface area contributed by atoms with Crippen molar-refractivity contribution in [3.8, 4) is 11.3 Å². The van der Waals surface area contributed by atoms with Crippen molar-refractivity contribution in [3.63, 3.8) is 0 Å². The molecular formula is C24H23ClN6O4S. The molecule has 3 aromatic rings. The van der Waals surface area contributed by atoms with Gasteiger partial charge in [-0.25, -0.2) is 18.4 Å². The number of carbonyl (C=O) groups is 2. The molecule has 2 N–H and O–H groups in total. The van der Waals surface area contributed by atoms with Crippen LogP contribution in [0.25, 0.3) is 11.3 Å². The van der Waals surface area contributed by atoms with Gasteiger partial charge in [0.05, 0.1) is 22.7 Å². The Bertz CT molecular complexity index is 1430. The zero-order valence-corrected chi connectivity index (χ0v) is 20.7. The molecule has 2 aromatic carbocycles. The maximum absolute atomic E-state index is 13.1. The number of benzene rings is 2. The average Bonchev–Trinajstić information content (AvgIpc) is 3.18. The number of amides is 2. The summed E-state index contributed by atoms with van der Waals surface area (Å²) in [5, 5.41) is 6.45. The quantitative estimate of drug-likeness (QED) is 0.490. The minimum absolute atomic E-state index is 0.135. The SMILES string of the molecule is O=CN1CCCN(S(=O)(=O)c2ccc(Nc3ncc4c(n3)-c3ccc(Cl)cc3NC(=O)C4)cc2)CC1. The van der Waals surface area contributed by atoms with Crippen molar-refractivity contribution in [1.82, 2.24) is 19.2 Å². The highest BCUT2D eigenvalue weighted by Crippen LogP contribution is 2.35. The number of nitrogens with one attached hydrogen (secondary N) is 2. The molecule has 12 heteroatoms. The molecule has 0 spiro atoms. The van der Waals surface area contributed by atoms with Crippen LogP contribution in [0.4, 0.5) is 17.3 Å². The number of anilines is 3. The third-order valence-electron chi connectivity index (χ3n) is 6.11. The van der Waals surface area contributed by atoms with E-state index in [4.69, 9.17) is 11.6 Å². The van der Waals surface area contributed by atoms with Gasteiger partial charge >= 0.3 is 0 Å². The molecule has 0 unspecified atom stereocenters. The normalized spacial score (nSPS) is 16.2. The van der Waals surface area contributed by atoms with Crippen LogP contribution in [0.3, 0.4) is 0 Å². The Kier molecular flexibility index (Phi) is 6.61. The lowest BCUT2D eigenvalue weighted by atomic mass is 10.1. The fraction of sp³-hybridized carbons (Fsp3) is 0.250. The average molecular weight is 527 g/mol. The summed E-state index contributed by atoms with van der Waals surface area (Å²) in [6, 6.07) is 11.6. The molecule has 2 amide bonds. The van der Waals surface area contributed by atoms with Crippen LogP contribution in [0, 0.1) is 0 Å². The summed E-state index contributed by atoms with van der Waals surface area (Å²) in [7, 11) is -3.68. The Morgan fingerprint density at radius 3 is 2.64 bits per heavy atom. The fourth-order valence-electron chi connectivity index (χ4n) is 4.27. The van der Waals surface area contributed by atoms with Crippen molar-refractivity contribution in [2.24, 2.45) is 0 Å². The number of aromatic nitrogens is 2. The monoisotopic (exact) mass is 526 g/mol. The molecule has 2 aliphatic rings. The largest absolute Gasteiger partial charge is 0.344 e. The van der Waals surface area contributed by atoms with E-state index in [1.807, 2.05) is 0 Å². The van der Waals surface area contributed by atoms with Gasteiger partial charge in [-0.1, -0.05) is 11.6 Å². The highest BCUT2D eigenvalue weighted by Gasteiger charge is 2.27. The van der Waals surface area contributed by atoms with Crippen molar-refractivity contribution < 1.29 is 18.0 Å². The van der Waals surface area contributed by atoms with Crippen LogP contribution in [0.1, 0.15) is 12.0 Å². The van der Waals surface area contributed by atoms with Crippen molar-refractivity contribution in [3.05, 3.63) is 59.2 Å². The third-order valence-corrected chi connectivity index (χ3v) is 8.26. The summed E-state index contributed by atoms with van der Waals surface area (Å²) in [6.45, 7) is 1.53. The molecular weight excluding hydrogens is 504 g/mol. The fourth-order valence-corrected chi connectivity index (χ4v) is 5.91. The smallest absolute Gasteiger partial charge is 0.243 e. The van der Waals surface area contributed by atoms with E-state index < -0.39 is 10.0 Å². The highest BCUT2D eigenvalue weighted by molar-refractivity contribution is 7.89. The topological polar surface area (TPSA) is 125 Å². The van der Waals surface area contributed by atoms with E-state index in [1.54, 1.807) is 41.4 Å². The molecule has 5 rings (SSSR count). The van der Waals surface area contributed by atoms with Gasteiger partial charge in [-0.3, -0.25) is 9.59 Å². The van der Waals surface area contributed by atoms with Gasteiger partial charge in [-0.15, -0.1) is 0 Å². The maximum atomic E-state index is 13.1. The lowest BCUT2D eigenvalue weighted by molar-refractivity contribution is -0.118. The van der Waals surface area contributed by atoms with Gasteiger partial charge in [0, 0.05) is 54.2 Å². The van der Waals surface area contributed by atoms with Gasteiger partial charge < -0.3 is 15.5 Å². The van der Waals surface area contributed by atoms with Gasteiger partial charge in [-0.05, 0) is 48.9 Å². The van der Waals surface area contributed by atoms with Crippen molar-refractivity contribution in [1.29, 1.82) is 0 Å². The van der Waals surface area contributed by atoms with E-state index in [1.165, 1.54) is 16.4 Å². The second-order valence-electron chi connectivity index (χ2n) is 8.53. The third kappa shape index (κ3) is 4.90. The predicted octanol–water partition coefficient (Wildman–Crippen LogP) is 2.89.